The van der Waals surface area contributed by atoms with Gasteiger partial charge >= 0.3 is 0 Å². The Morgan fingerprint density at radius 1 is 1.03 bits per heavy atom. The predicted octanol–water partition coefficient (Wildman–Crippen LogP) is 1.06. The zero-order chi connectivity index (χ0) is 26.3. The van der Waals surface area contributed by atoms with Gasteiger partial charge in [-0.3, -0.25) is 29.8 Å². The van der Waals surface area contributed by atoms with Crippen molar-refractivity contribution in [1.82, 2.24) is 24.4 Å². The first-order valence-corrected chi connectivity index (χ1v) is 13.8. The Hall–Kier alpha value is -2.52. The second-order valence-corrected chi connectivity index (χ2v) is 10.9. The van der Waals surface area contributed by atoms with E-state index in [-0.39, 0.29) is 23.3 Å². The van der Waals surface area contributed by atoms with Crippen LogP contribution in [0.1, 0.15) is 17.6 Å². The molecule has 2 aromatic rings. The molecule has 202 valence electrons. The third-order valence-corrected chi connectivity index (χ3v) is 7.93. The number of nitrogens with one attached hydrogen (secondary N) is 1. The fraction of sp³-hybridized carbons (Fsp3) is 0.542. The predicted molar refractivity (Wildman–Crippen MR) is 136 cm³/mol. The Morgan fingerprint density at radius 2 is 1.76 bits per heavy atom. The van der Waals surface area contributed by atoms with Crippen molar-refractivity contribution in [1.29, 1.82) is 0 Å². The third kappa shape index (κ3) is 7.51. The van der Waals surface area contributed by atoms with Gasteiger partial charge in [0.05, 0.1) is 47.6 Å². The number of ether oxygens (including phenoxy) is 2. The number of benzene rings is 1. The first-order chi connectivity index (χ1) is 17.8. The highest BCUT2D eigenvalue weighted by atomic mass is 32.2. The lowest BCUT2D eigenvalue weighted by molar-refractivity contribution is -0.384. The van der Waals surface area contributed by atoms with E-state index in [2.05, 4.69) is 19.4 Å². The molecule has 4 rings (SSSR count). The Balaban J connectivity index is 1.45. The molecule has 0 radical (unpaired) electrons. The smallest absolute Gasteiger partial charge is 0.269 e. The van der Waals surface area contributed by atoms with Crippen LogP contribution < -0.4 is 4.72 Å². The number of likely N-dealkylation sites (N-methyl/N-ethyl adjacent to an activating group) is 1. The van der Waals surface area contributed by atoms with Crippen molar-refractivity contribution in [3.63, 3.8) is 0 Å². The van der Waals surface area contributed by atoms with E-state index in [1.165, 1.54) is 24.3 Å². The largest absolute Gasteiger partial charge is 0.378 e. The molecule has 1 N–H and O–H groups in total. The number of non-ortho nitro benzene ring substituents is 1. The highest BCUT2D eigenvalue weighted by Gasteiger charge is 2.34. The van der Waals surface area contributed by atoms with Crippen molar-refractivity contribution in [2.24, 2.45) is 0 Å². The summed E-state index contributed by atoms with van der Waals surface area (Å²) >= 11 is 0. The molecule has 2 bridgehead atoms. The number of nitrogens with zero attached hydrogens (tertiary/aromatic N) is 5. The molecule has 1 aromatic carbocycles. The number of fused-ring (bicyclic) bond motifs is 4. The number of hydrogen-bond acceptors (Lipinski definition) is 10. The van der Waals surface area contributed by atoms with Crippen molar-refractivity contribution in [2.75, 3.05) is 72.7 Å². The maximum Gasteiger partial charge on any atom is 0.269 e. The molecule has 12 nitrogen and oxygen atoms in total. The fourth-order valence-corrected chi connectivity index (χ4v) is 5.56. The van der Waals surface area contributed by atoms with Gasteiger partial charge in [0.2, 0.25) is 10.0 Å². The molecule has 1 saturated heterocycles. The lowest BCUT2D eigenvalue weighted by Crippen LogP contribution is -2.38. The summed E-state index contributed by atoms with van der Waals surface area (Å²) in [6.07, 6.45) is -0.0980. The van der Waals surface area contributed by atoms with E-state index in [4.69, 9.17) is 14.5 Å². The van der Waals surface area contributed by atoms with Crippen molar-refractivity contribution in [3.8, 4) is 0 Å². The van der Waals surface area contributed by atoms with Gasteiger partial charge in [0.1, 0.15) is 6.17 Å². The number of hydrogen-bond donors (Lipinski definition) is 1. The topological polar surface area (TPSA) is 130 Å². The number of aromatic nitrogens is 1. The van der Waals surface area contributed by atoms with Crippen LogP contribution in [0.4, 0.5) is 5.69 Å². The second kappa shape index (κ2) is 12.8. The van der Waals surface area contributed by atoms with E-state index in [9.17, 15) is 18.5 Å². The Morgan fingerprint density at radius 3 is 2.49 bits per heavy atom. The van der Waals surface area contributed by atoms with Crippen molar-refractivity contribution in [3.05, 3.63) is 64.0 Å². The number of sulfonamides is 1. The van der Waals surface area contributed by atoms with Gasteiger partial charge in [-0.25, -0.2) is 13.1 Å². The van der Waals surface area contributed by atoms with Gasteiger partial charge in [0.25, 0.3) is 5.69 Å². The van der Waals surface area contributed by atoms with Crippen LogP contribution in [0.15, 0.2) is 47.4 Å². The standard InChI is InChI=1S/C24H34N6O6S/c1-27-13-15-35-17-18-36-16-14-29-12-11-28(24(29)23-4-2-3-20(19-27)26-23)10-9-25-37(33,34)22-7-5-21(6-8-22)30(31)32/h2-8,24-25H,9-19H2,1H3. The van der Waals surface area contributed by atoms with Gasteiger partial charge in [-0.05, 0) is 31.3 Å². The van der Waals surface area contributed by atoms with E-state index in [0.717, 1.165) is 37.6 Å². The lowest BCUT2D eigenvalue weighted by Gasteiger charge is -2.30. The molecule has 0 aliphatic carbocycles. The molecule has 0 spiro atoms. The molecule has 13 heteroatoms. The maximum atomic E-state index is 12.7. The number of pyridine rings is 1. The molecule has 2 aliphatic rings. The molecule has 1 atom stereocenters. The zero-order valence-electron chi connectivity index (χ0n) is 21.0. The summed E-state index contributed by atoms with van der Waals surface area (Å²) in [5.41, 5.74) is 1.74. The normalized spacial score (nSPS) is 21.2. The number of rotatable bonds is 6. The summed E-state index contributed by atoms with van der Waals surface area (Å²) in [7, 11) is -1.75. The van der Waals surface area contributed by atoms with Crippen LogP contribution in [0.5, 0.6) is 0 Å². The molecule has 1 aromatic heterocycles. The Labute approximate surface area is 217 Å². The van der Waals surface area contributed by atoms with Gasteiger partial charge in [-0.1, -0.05) is 6.07 Å². The summed E-state index contributed by atoms with van der Waals surface area (Å²) in [6, 6.07) is 10.9. The van der Waals surface area contributed by atoms with Gasteiger partial charge in [-0.15, -0.1) is 0 Å². The summed E-state index contributed by atoms with van der Waals surface area (Å²) in [6.45, 7) is 6.78. The lowest BCUT2D eigenvalue weighted by atomic mass is 10.2. The van der Waals surface area contributed by atoms with Gasteiger partial charge < -0.3 is 9.47 Å². The number of nitro groups is 1. The zero-order valence-corrected chi connectivity index (χ0v) is 21.8. The van der Waals surface area contributed by atoms with Crippen LogP contribution in [-0.4, -0.2) is 106 Å². The first kappa shape index (κ1) is 27.5. The maximum absolute atomic E-state index is 12.7. The average Bonchev–Trinajstić information content (AvgIpc) is 3.27. The van der Waals surface area contributed by atoms with Crippen LogP contribution in [0.3, 0.4) is 0 Å². The molecule has 0 saturated carbocycles. The third-order valence-electron chi connectivity index (χ3n) is 6.45. The van der Waals surface area contributed by atoms with E-state index < -0.39 is 14.9 Å². The molecule has 1 unspecified atom stereocenters. The van der Waals surface area contributed by atoms with Gasteiger partial charge in [0, 0.05) is 57.9 Å². The monoisotopic (exact) mass is 534 g/mol. The van der Waals surface area contributed by atoms with Crippen LogP contribution in [0, 0.1) is 10.1 Å². The average molecular weight is 535 g/mol. The van der Waals surface area contributed by atoms with Crippen molar-refractivity contribution < 1.29 is 22.8 Å². The Kier molecular flexibility index (Phi) is 9.54. The highest BCUT2D eigenvalue weighted by Crippen LogP contribution is 2.28. The summed E-state index contributed by atoms with van der Waals surface area (Å²) in [4.78, 5) is 21.9. The van der Waals surface area contributed by atoms with Crippen molar-refractivity contribution >= 4 is 15.7 Å². The summed E-state index contributed by atoms with van der Waals surface area (Å²) < 4.78 is 39.5. The first-order valence-electron chi connectivity index (χ1n) is 12.4. The molecule has 2 aliphatic heterocycles. The fourth-order valence-electron chi connectivity index (χ4n) is 4.54. The van der Waals surface area contributed by atoms with Gasteiger partial charge in [0.15, 0.2) is 0 Å². The van der Waals surface area contributed by atoms with Crippen LogP contribution in [0.2, 0.25) is 0 Å². The second-order valence-electron chi connectivity index (χ2n) is 9.11. The van der Waals surface area contributed by atoms with E-state index in [0.29, 0.717) is 39.5 Å². The quantitative estimate of drug-likeness (QED) is 0.424. The Bertz CT molecular complexity index is 1150. The molecule has 3 heterocycles. The molecular weight excluding hydrogens is 500 g/mol. The van der Waals surface area contributed by atoms with Crippen LogP contribution in [-0.2, 0) is 26.0 Å². The minimum atomic E-state index is -3.79. The number of nitro benzene ring substituents is 1. The molecule has 37 heavy (non-hydrogen) atoms. The molecule has 0 amide bonds. The summed E-state index contributed by atoms with van der Waals surface area (Å²) in [5.74, 6) is 0. The minimum Gasteiger partial charge on any atom is -0.378 e. The SMILES string of the molecule is CN1CCOCCOCCN2CCN(CCNS(=O)(=O)c3ccc([N+](=O)[O-])cc3)C2c2cccc(n2)C1. The van der Waals surface area contributed by atoms with Crippen LogP contribution >= 0.6 is 0 Å². The minimum absolute atomic E-state index is 0.00493. The van der Waals surface area contributed by atoms with Gasteiger partial charge in [-0.2, -0.15) is 0 Å². The van der Waals surface area contributed by atoms with E-state index >= 15 is 0 Å². The van der Waals surface area contributed by atoms with E-state index in [1.54, 1.807) is 0 Å². The van der Waals surface area contributed by atoms with E-state index in [1.807, 2.05) is 25.2 Å². The highest BCUT2D eigenvalue weighted by molar-refractivity contribution is 7.89. The summed E-state index contributed by atoms with van der Waals surface area (Å²) in [5, 5.41) is 10.9. The molecule has 1 fully saturated rings. The molecular formula is C24H34N6O6S. The van der Waals surface area contributed by atoms with Crippen LogP contribution in [0.25, 0.3) is 0 Å². The van der Waals surface area contributed by atoms with Crippen molar-refractivity contribution in [2.45, 2.75) is 17.6 Å².